The number of aromatic amines is 1. The number of nitrogens with one attached hydrogen (secondary N) is 4. The molecular weight excluding hydrogens is 506 g/mol. The highest BCUT2D eigenvalue weighted by molar-refractivity contribution is 5.93. The first-order valence-electron chi connectivity index (χ1n) is 12.3. The van der Waals surface area contributed by atoms with E-state index < -0.39 is 54.3 Å². The Bertz CT molecular complexity index is 1320. The number of benzene rings is 2. The van der Waals surface area contributed by atoms with Crippen LogP contribution in [0.3, 0.4) is 0 Å². The Morgan fingerprint density at radius 1 is 0.846 bits per heavy atom. The number of hydrogen-bond donors (Lipinski definition) is 7. The minimum Gasteiger partial charge on any atom is -0.481 e. The molecule has 0 bridgehead atoms. The lowest BCUT2D eigenvalue weighted by molar-refractivity contribution is -0.142. The first-order valence-corrected chi connectivity index (χ1v) is 12.3. The normalized spacial score (nSPS) is 13.2. The molecule has 12 heteroatoms. The van der Waals surface area contributed by atoms with Crippen LogP contribution in [-0.2, 0) is 36.8 Å². The molecule has 0 aliphatic carbocycles. The van der Waals surface area contributed by atoms with E-state index in [-0.39, 0.29) is 25.7 Å². The number of amides is 3. The van der Waals surface area contributed by atoms with Gasteiger partial charge in [-0.25, -0.2) is 4.79 Å². The predicted molar refractivity (Wildman–Crippen MR) is 142 cm³/mol. The number of nitrogens with two attached hydrogens (primary N) is 1. The van der Waals surface area contributed by atoms with Crippen LogP contribution in [0.2, 0.25) is 0 Å². The number of carboxylic acids is 2. The predicted octanol–water partition coefficient (Wildman–Crippen LogP) is 0.316. The van der Waals surface area contributed by atoms with E-state index in [0.29, 0.717) is 5.56 Å². The first-order chi connectivity index (χ1) is 18.6. The largest absolute Gasteiger partial charge is 0.481 e. The molecule has 3 atom stereocenters. The quantitative estimate of drug-likeness (QED) is 0.152. The third-order valence-electron chi connectivity index (χ3n) is 6.08. The number of carbonyl (C=O) groups excluding carboxylic acids is 3. The molecule has 39 heavy (non-hydrogen) atoms. The van der Waals surface area contributed by atoms with E-state index in [1.807, 2.05) is 24.3 Å². The number of para-hydroxylation sites is 1. The maximum atomic E-state index is 13.2. The van der Waals surface area contributed by atoms with Gasteiger partial charge in [-0.1, -0.05) is 48.5 Å². The maximum Gasteiger partial charge on any atom is 0.326 e. The van der Waals surface area contributed by atoms with Crippen LogP contribution in [0.4, 0.5) is 0 Å². The highest BCUT2D eigenvalue weighted by atomic mass is 16.4. The average Bonchev–Trinajstić information content (AvgIpc) is 3.32. The van der Waals surface area contributed by atoms with Crippen molar-refractivity contribution in [3.8, 4) is 0 Å². The Kier molecular flexibility index (Phi) is 10.2. The lowest BCUT2D eigenvalue weighted by Gasteiger charge is -2.22. The molecular formula is C27H31N5O7. The Balaban J connectivity index is 1.67. The Morgan fingerprint density at radius 3 is 2.23 bits per heavy atom. The van der Waals surface area contributed by atoms with E-state index >= 15 is 0 Å². The number of carbonyl (C=O) groups is 5. The summed E-state index contributed by atoms with van der Waals surface area (Å²) in [5, 5.41) is 26.8. The van der Waals surface area contributed by atoms with E-state index in [1.165, 1.54) is 0 Å². The summed E-state index contributed by atoms with van der Waals surface area (Å²) in [5.74, 6) is -4.45. The van der Waals surface area contributed by atoms with Crippen LogP contribution < -0.4 is 21.7 Å². The van der Waals surface area contributed by atoms with Crippen molar-refractivity contribution in [2.45, 2.75) is 43.8 Å². The van der Waals surface area contributed by atoms with Gasteiger partial charge in [0.15, 0.2) is 0 Å². The van der Waals surface area contributed by atoms with Crippen molar-refractivity contribution in [1.82, 2.24) is 20.9 Å². The topological polar surface area (TPSA) is 204 Å². The lowest BCUT2D eigenvalue weighted by Crippen LogP contribution is -2.54. The zero-order chi connectivity index (χ0) is 28.4. The maximum absolute atomic E-state index is 13.2. The van der Waals surface area contributed by atoms with Crippen LogP contribution >= 0.6 is 0 Å². The average molecular weight is 538 g/mol. The lowest BCUT2D eigenvalue weighted by atomic mass is 10.0. The van der Waals surface area contributed by atoms with Gasteiger partial charge in [-0.3, -0.25) is 19.2 Å². The zero-order valence-electron chi connectivity index (χ0n) is 21.1. The van der Waals surface area contributed by atoms with Crippen LogP contribution in [0.15, 0.2) is 60.8 Å². The summed E-state index contributed by atoms with van der Waals surface area (Å²) in [6.07, 6.45) is 1.38. The molecule has 0 aliphatic rings. The van der Waals surface area contributed by atoms with Gasteiger partial charge in [0.25, 0.3) is 0 Å². The fourth-order valence-corrected chi connectivity index (χ4v) is 4.01. The summed E-state index contributed by atoms with van der Waals surface area (Å²) in [6, 6.07) is 12.7. The van der Waals surface area contributed by atoms with Gasteiger partial charge in [-0.15, -0.1) is 0 Å². The van der Waals surface area contributed by atoms with Crippen LogP contribution in [0, 0.1) is 0 Å². The summed E-state index contributed by atoms with van der Waals surface area (Å²) < 4.78 is 0. The van der Waals surface area contributed by atoms with Gasteiger partial charge in [0, 0.05) is 36.4 Å². The molecule has 0 aliphatic heterocycles. The monoisotopic (exact) mass is 537 g/mol. The van der Waals surface area contributed by atoms with Crippen molar-refractivity contribution >= 4 is 40.6 Å². The van der Waals surface area contributed by atoms with Gasteiger partial charge in [-0.05, 0) is 23.6 Å². The summed E-state index contributed by atoms with van der Waals surface area (Å²) in [7, 11) is 0. The number of H-pyrrole nitrogens is 1. The van der Waals surface area contributed by atoms with E-state index in [2.05, 4.69) is 20.9 Å². The second-order valence-corrected chi connectivity index (χ2v) is 9.03. The van der Waals surface area contributed by atoms with Crippen molar-refractivity contribution in [3.63, 3.8) is 0 Å². The van der Waals surface area contributed by atoms with Crippen molar-refractivity contribution in [2.24, 2.45) is 5.73 Å². The fourth-order valence-electron chi connectivity index (χ4n) is 4.01. The van der Waals surface area contributed by atoms with Gasteiger partial charge in [0.05, 0.1) is 12.6 Å². The number of fused-ring (bicyclic) bond motifs is 1. The number of aromatic nitrogens is 1. The second-order valence-electron chi connectivity index (χ2n) is 9.03. The van der Waals surface area contributed by atoms with Crippen molar-refractivity contribution in [3.05, 3.63) is 71.9 Å². The van der Waals surface area contributed by atoms with Crippen LogP contribution in [0.5, 0.6) is 0 Å². The molecule has 206 valence electrons. The highest BCUT2D eigenvalue weighted by Gasteiger charge is 2.28. The molecule has 3 unspecified atom stereocenters. The number of hydrogen-bond acceptors (Lipinski definition) is 6. The molecule has 0 spiro atoms. The summed E-state index contributed by atoms with van der Waals surface area (Å²) in [4.78, 5) is 63.7. The summed E-state index contributed by atoms with van der Waals surface area (Å²) in [6.45, 7) is -0.504. The minimum atomic E-state index is -1.26. The standard InChI is InChI=1S/C27H31N5O7/c28-19(10-11-24(34)35)25(36)30-15-23(33)31-21(12-16-6-2-1-3-7-16)26(37)32-22(27(38)39)13-17-14-29-20-9-5-4-8-18(17)20/h1-9,14,19,21-22,29H,10-13,15,28H2,(H,30,36)(H,31,33)(H,32,37)(H,34,35)(H,38,39). The molecule has 0 fully saturated rings. The van der Waals surface area contributed by atoms with Gasteiger partial charge < -0.3 is 36.9 Å². The van der Waals surface area contributed by atoms with Gasteiger partial charge >= 0.3 is 11.9 Å². The highest BCUT2D eigenvalue weighted by Crippen LogP contribution is 2.19. The smallest absolute Gasteiger partial charge is 0.326 e. The Morgan fingerprint density at radius 2 is 1.54 bits per heavy atom. The summed E-state index contributed by atoms with van der Waals surface area (Å²) >= 11 is 0. The van der Waals surface area contributed by atoms with Crippen LogP contribution in [0.1, 0.15) is 24.0 Å². The van der Waals surface area contributed by atoms with Gasteiger partial charge in [0.2, 0.25) is 17.7 Å². The van der Waals surface area contributed by atoms with Crippen molar-refractivity contribution < 1.29 is 34.2 Å². The molecule has 0 radical (unpaired) electrons. The molecule has 1 aromatic heterocycles. The van der Waals surface area contributed by atoms with Crippen molar-refractivity contribution in [1.29, 1.82) is 0 Å². The second kappa shape index (κ2) is 13.7. The van der Waals surface area contributed by atoms with E-state index in [1.54, 1.807) is 36.5 Å². The summed E-state index contributed by atoms with van der Waals surface area (Å²) in [5.41, 5.74) is 7.92. The molecule has 0 saturated heterocycles. The fraction of sp³-hybridized carbons (Fsp3) is 0.296. The Labute approximate surface area is 224 Å². The number of rotatable bonds is 14. The Hall–Kier alpha value is -4.71. The molecule has 12 nitrogen and oxygen atoms in total. The van der Waals surface area contributed by atoms with E-state index in [9.17, 15) is 29.1 Å². The number of carboxylic acid groups (broad SMARTS) is 2. The van der Waals surface area contributed by atoms with Gasteiger partial charge in [-0.2, -0.15) is 0 Å². The molecule has 1 heterocycles. The van der Waals surface area contributed by atoms with Crippen LogP contribution in [0.25, 0.3) is 10.9 Å². The molecule has 3 rings (SSSR count). The molecule has 2 aromatic carbocycles. The zero-order valence-corrected chi connectivity index (χ0v) is 21.1. The molecule has 0 saturated carbocycles. The van der Waals surface area contributed by atoms with E-state index in [0.717, 1.165) is 16.5 Å². The SMILES string of the molecule is NC(CCC(=O)O)C(=O)NCC(=O)NC(Cc1ccccc1)C(=O)NC(Cc1c[nH]c2ccccc12)C(=O)O. The third-order valence-corrected chi connectivity index (χ3v) is 6.08. The minimum absolute atomic E-state index is 0.0153. The molecule has 3 amide bonds. The van der Waals surface area contributed by atoms with Crippen molar-refractivity contribution in [2.75, 3.05) is 6.54 Å². The van der Waals surface area contributed by atoms with Crippen LogP contribution in [-0.4, -0.2) is 69.5 Å². The third kappa shape index (κ3) is 8.68. The first kappa shape index (κ1) is 28.9. The molecule has 3 aromatic rings. The van der Waals surface area contributed by atoms with E-state index in [4.69, 9.17) is 10.8 Å². The van der Waals surface area contributed by atoms with Gasteiger partial charge in [0.1, 0.15) is 12.1 Å². The number of aliphatic carboxylic acids is 2. The molecule has 8 N–H and O–H groups in total.